The van der Waals surface area contributed by atoms with Crippen molar-refractivity contribution in [3.05, 3.63) is 64.7 Å². The van der Waals surface area contributed by atoms with Gasteiger partial charge in [-0.05, 0) is 24.3 Å². The fourth-order valence-corrected chi connectivity index (χ4v) is 2.36. The average Bonchev–Trinajstić information content (AvgIpc) is 2.90. The molecule has 0 aliphatic rings. The lowest BCUT2D eigenvalue weighted by Gasteiger charge is -2.09. The number of carbonyl (C=O) groups excluding carboxylic acids is 1. The Morgan fingerprint density at radius 2 is 1.95 bits per heavy atom. The molecule has 0 atom stereocenters. The maximum atomic E-state index is 12.2. The topological polar surface area (TPSA) is 46.4 Å². The van der Waals surface area contributed by atoms with E-state index in [-0.39, 0.29) is 5.91 Å². The van der Waals surface area contributed by atoms with Gasteiger partial charge in [0, 0.05) is 11.8 Å². The van der Waals surface area contributed by atoms with Crippen LogP contribution in [-0.4, -0.2) is 15.3 Å². The van der Waals surface area contributed by atoms with Crippen molar-refractivity contribution in [2.24, 2.45) is 0 Å². The van der Waals surface area contributed by atoms with Gasteiger partial charge in [0.15, 0.2) is 0 Å². The molecule has 100 valence electrons. The van der Waals surface area contributed by atoms with Crippen LogP contribution in [0.3, 0.4) is 0 Å². The van der Waals surface area contributed by atoms with Gasteiger partial charge in [0.25, 0.3) is 5.91 Å². The largest absolute Gasteiger partial charge is 0.319 e. The van der Waals surface area contributed by atoms with Crippen molar-refractivity contribution in [2.45, 2.75) is 0 Å². The second kappa shape index (κ2) is 5.15. The summed E-state index contributed by atoms with van der Waals surface area (Å²) < 4.78 is 1.82. The summed E-state index contributed by atoms with van der Waals surface area (Å²) in [5.74, 6) is -0.274. The van der Waals surface area contributed by atoms with Gasteiger partial charge in [0.05, 0.1) is 33.8 Å². The lowest BCUT2D eigenvalue weighted by molar-refractivity contribution is 0.102. The third-order valence-electron chi connectivity index (χ3n) is 2.88. The number of carbonyl (C=O) groups is 1. The lowest BCUT2D eigenvalue weighted by Crippen LogP contribution is -2.12. The summed E-state index contributed by atoms with van der Waals surface area (Å²) in [4.78, 5) is 16.2. The molecule has 3 rings (SSSR count). The highest BCUT2D eigenvalue weighted by molar-refractivity contribution is 6.40. The first-order valence-electron chi connectivity index (χ1n) is 5.82. The van der Waals surface area contributed by atoms with Crippen molar-refractivity contribution < 1.29 is 4.79 Å². The standard InChI is InChI=1S/C14H9Cl2N3O/c15-11-2-1-3-12(16)13(11)18-14(20)9-4-5-19-8-17-7-10(19)6-9/h1-8H,(H,18,20). The van der Waals surface area contributed by atoms with E-state index >= 15 is 0 Å². The quantitative estimate of drug-likeness (QED) is 0.780. The van der Waals surface area contributed by atoms with Crippen LogP contribution in [0.2, 0.25) is 10.0 Å². The summed E-state index contributed by atoms with van der Waals surface area (Å²) in [6.45, 7) is 0. The molecule has 0 radical (unpaired) electrons. The minimum absolute atomic E-state index is 0.274. The predicted molar refractivity (Wildman–Crippen MR) is 79.6 cm³/mol. The molecule has 0 saturated heterocycles. The molecular formula is C14H9Cl2N3O. The minimum Gasteiger partial charge on any atom is -0.319 e. The number of rotatable bonds is 2. The van der Waals surface area contributed by atoms with Crippen LogP contribution in [0.1, 0.15) is 10.4 Å². The first kappa shape index (κ1) is 13.0. The third-order valence-corrected chi connectivity index (χ3v) is 3.51. The Hall–Kier alpha value is -2.04. The van der Waals surface area contributed by atoms with Crippen LogP contribution in [0.25, 0.3) is 5.52 Å². The summed E-state index contributed by atoms with van der Waals surface area (Å²) in [5, 5.41) is 3.52. The Bertz CT molecular complexity index is 778. The van der Waals surface area contributed by atoms with E-state index in [1.807, 2.05) is 4.40 Å². The summed E-state index contributed by atoms with van der Waals surface area (Å²) in [7, 11) is 0. The Kier molecular flexibility index (Phi) is 3.34. The Balaban J connectivity index is 1.92. The van der Waals surface area contributed by atoms with Gasteiger partial charge >= 0.3 is 0 Å². The number of para-hydroxylation sites is 1. The number of nitrogens with zero attached hydrogens (tertiary/aromatic N) is 2. The molecule has 0 bridgehead atoms. The summed E-state index contributed by atoms with van der Waals surface area (Å²) in [5.41, 5.74) is 1.76. The van der Waals surface area contributed by atoms with Gasteiger partial charge in [0.1, 0.15) is 0 Å². The minimum atomic E-state index is -0.274. The number of halogens is 2. The predicted octanol–water partition coefficient (Wildman–Crippen LogP) is 3.89. The fraction of sp³-hybridized carbons (Fsp3) is 0. The SMILES string of the molecule is O=C(Nc1c(Cl)cccc1Cl)c1ccn2cncc2c1. The van der Waals surface area contributed by atoms with Gasteiger partial charge in [-0.15, -0.1) is 0 Å². The highest BCUT2D eigenvalue weighted by Gasteiger charge is 2.11. The van der Waals surface area contributed by atoms with E-state index in [1.165, 1.54) is 0 Å². The molecular weight excluding hydrogens is 297 g/mol. The number of hydrogen-bond donors (Lipinski definition) is 1. The molecule has 2 heterocycles. The Morgan fingerprint density at radius 1 is 1.20 bits per heavy atom. The van der Waals surface area contributed by atoms with Crippen LogP contribution < -0.4 is 5.32 Å². The van der Waals surface area contributed by atoms with Crippen LogP contribution in [0.15, 0.2) is 49.1 Å². The van der Waals surface area contributed by atoms with Gasteiger partial charge < -0.3 is 9.72 Å². The highest BCUT2D eigenvalue weighted by Crippen LogP contribution is 2.30. The zero-order chi connectivity index (χ0) is 14.1. The van der Waals surface area contributed by atoms with Gasteiger partial charge in [-0.1, -0.05) is 29.3 Å². The number of imidazole rings is 1. The van der Waals surface area contributed by atoms with E-state index < -0.39 is 0 Å². The molecule has 1 aromatic carbocycles. The second-order valence-electron chi connectivity index (χ2n) is 4.19. The van der Waals surface area contributed by atoms with E-state index in [4.69, 9.17) is 23.2 Å². The number of aromatic nitrogens is 2. The third kappa shape index (κ3) is 2.35. The summed E-state index contributed by atoms with van der Waals surface area (Å²) >= 11 is 12.1. The zero-order valence-electron chi connectivity index (χ0n) is 10.2. The molecule has 1 amide bonds. The number of anilines is 1. The number of pyridine rings is 1. The molecule has 0 fully saturated rings. The second-order valence-corrected chi connectivity index (χ2v) is 5.01. The van der Waals surface area contributed by atoms with E-state index in [0.29, 0.717) is 21.3 Å². The number of amides is 1. The van der Waals surface area contributed by atoms with Crippen LogP contribution >= 0.6 is 23.2 Å². The molecule has 4 nitrogen and oxygen atoms in total. The van der Waals surface area contributed by atoms with E-state index in [0.717, 1.165) is 5.52 Å². The normalized spacial score (nSPS) is 10.7. The molecule has 0 saturated carbocycles. The molecule has 2 aromatic heterocycles. The van der Waals surface area contributed by atoms with Gasteiger partial charge in [-0.25, -0.2) is 4.98 Å². The van der Waals surface area contributed by atoms with Gasteiger partial charge in [0.2, 0.25) is 0 Å². The van der Waals surface area contributed by atoms with Crippen LogP contribution in [0, 0.1) is 0 Å². The molecule has 0 aliphatic carbocycles. The van der Waals surface area contributed by atoms with Crippen LogP contribution in [0.5, 0.6) is 0 Å². The summed E-state index contributed by atoms with van der Waals surface area (Å²) in [6, 6.07) is 8.51. The van der Waals surface area contributed by atoms with Crippen molar-refractivity contribution in [1.82, 2.24) is 9.38 Å². The molecule has 3 aromatic rings. The Morgan fingerprint density at radius 3 is 2.70 bits per heavy atom. The van der Waals surface area contributed by atoms with Crippen molar-refractivity contribution in [3.8, 4) is 0 Å². The highest BCUT2D eigenvalue weighted by atomic mass is 35.5. The van der Waals surface area contributed by atoms with Crippen LogP contribution in [-0.2, 0) is 0 Å². The van der Waals surface area contributed by atoms with E-state index in [9.17, 15) is 4.79 Å². The monoisotopic (exact) mass is 305 g/mol. The number of nitrogens with one attached hydrogen (secondary N) is 1. The smallest absolute Gasteiger partial charge is 0.255 e. The molecule has 0 aliphatic heterocycles. The molecule has 6 heteroatoms. The molecule has 0 spiro atoms. The average molecular weight is 306 g/mol. The van der Waals surface area contributed by atoms with Crippen LogP contribution in [0.4, 0.5) is 5.69 Å². The lowest BCUT2D eigenvalue weighted by atomic mass is 10.2. The summed E-state index contributed by atoms with van der Waals surface area (Å²) in [6.07, 6.45) is 5.12. The Labute approximate surface area is 125 Å². The maximum absolute atomic E-state index is 12.2. The molecule has 0 unspecified atom stereocenters. The van der Waals surface area contributed by atoms with Crippen molar-refractivity contribution >= 4 is 40.3 Å². The molecule has 20 heavy (non-hydrogen) atoms. The van der Waals surface area contributed by atoms with Crippen molar-refractivity contribution in [2.75, 3.05) is 5.32 Å². The molecule has 1 N–H and O–H groups in total. The van der Waals surface area contributed by atoms with Gasteiger partial charge in [-0.2, -0.15) is 0 Å². The van der Waals surface area contributed by atoms with Crippen molar-refractivity contribution in [3.63, 3.8) is 0 Å². The maximum Gasteiger partial charge on any atom is 0.255 e. The first-order valence-corrected chi connectivity index (χ1v) is 6.58. The number of benzene rings is 1. The number of fused-ring (bicyclic) bond motifs is 1. The van der Waals surface area contributed by atoms with E-state index in [1.54, 1.807) is 49.1 Å². The van der Waals surface area contributed by atoms with Gasteiger partial charge in [-0.3, -0.25) is 4.79 Å². The van der Waals surface area contributed by atoms with E-state index in [2.05, 4.69) is 10.3 Å². The number of hydrogen-bond acceptors (Lipinski definition) is 2. The fourth-order valence-electron chi connectivity index (χ4n) is 1.86. The zero-order valence-corrected chi connectivity index (χ0v) is 11.7. The van der Waals surface area contributed by atoms with Crippen molar-refractivity contribution in [1.29, 1.82) is 0 Å². The first-order chi connectivity index (χ1) is 9.65.